The number of nitrogens with one attached hydrogen (secondary N) is 1. The van der Waals surface area contributed by atoms with Crippen LogP contribution in [0, 0.1) is 5.92 Å². The van der Waals surface area contributed by atoms with E-state index < -0.39 is 0 Å². The number of rotatable bonds is 4. The van der Waals surface area contributed by atoms with Crippen LogP contribution < -0.4 is 5.32 Å². The molecule has 0 saturated carbocycles. The Morgan fingerprint density at radius 2 is 2.28 bits per heavy atom. The summed E-state index contributed by atoms with van der Waals surface area (Å²) >= 11 is 0. The molecule has 0 spiro atoms. The molecule has 2 saturated heterocycles. The van der Waals surface area contributed by atoms with Gasteiger partial charge in [-0.15, -0.1) is 0 Å². The van der Waals surface area contributed by atoms with E-state index in [2.05, 4.69) is 19.2 Å². The Morgan fingerprint density at radius 3 is 2.83 bits per heavy atom. The molecule has 0 aliphatic carbocycles. The molecule has 4 heteroatoms. The number of carbonyl (C=O) groups is 1. The summed E-state index contributed by atoms with van der Waals surface area (Å²) < 4.78 is 5.52. The van der Waals surface area contributed by atoms with E-state index >= 15 is 0 Å². The number of amides is 1. The van der Waals surface area contributed by atoms with Gasteiger partial charge in [-0.3, -0.25) is 10.1 Å². The van der Waals surface area contributed by atoms with Gasteiger partial charge in [-0.2, -0.15) is 0 Å². The third kappa shape index (κ3) is 2.54. The van der Waals surface area contributed by atoms with Crippen LogP contribution in [0.15, 0.2) is 0 Å². The van der Waals surface area contributed by atoms with Crippen molar-refractivity contribution in [3.8, 4) is 0 Å². The van der Waals surface area contributed by atoms with Gasteiger partial charge in [-0.25, -0.2) is 0 Å². The first-order valence-electron chi connectivity index (χ1n) is 7.27. The van der Waals surface area contributed by atoms with Crippen LogP contribution in [0.4, 0.5) is 0 Å². The van der Waals surface area contributed by atoms with E-state index in [1.807, 2.05) is 11.8 Å². The highest BCUT2D eigenvalue weighted by atomic mass is 16.5. The summed E-state index contributed by atoms with van der Waals surface area (Å²) in [7, 11) is 0. The fourth-order valence-corrected chi connectivity index (χ4v) is 2.98. The third-order valence-corrected chi connectivity index (χ3v) is 4.40. The van der Waals surface area contributed by atoms with Crippen LogP contribution in [-0.2, 0) is 9.53 Å². The smallest absolute Gasteiger partial charge is 0.243 e. The van der Waals surface area contributed by atoms with Crippen LogP contribution in [-0.4, -0.2) is 42.3 Å². The second-order valence-corrected chi connectivity index (χ2v) is 5.79. The first kappa shape index (κ1) is 13.8. The summed E-state index contributed by atoms with van der Waals surface area (Å²) in [5.74, 6) is 0.778. The SMILES string of the molecule is CCC1NC(C)(CC)C(=O)N1CC1CCCOC1. The number of hydrogen-bond donors (Lipinski definition) is 1. The molecular formula is C14H26N2O2. The first-order chi connectivity index (χ1) is 8.60. The van der Waals surface area contributed by atoms with Gasteiger partial charge in [-0.05, 0) is 32.6 Å². The number of hydrogen-bond acceptors (Lipinski definition) is 3. The van der Waals surface area contributed by atoms with Gasteiger partial charge >= 0.3 is 0 Å². The van der Waals surface area contributed by atoms with Crippen molar-refractivity contribution >= 4 is 5.91 Å². The van der Waals surface area contributed by atoms with Crippen molar-refractivity contribution in [2.24, 2.45) is 5.92 Å². The molecule has 0 radical (unpaired) electrons. The zero-order chi connectivity index (χ0) is 13.2. The maximum atomic E-state index is 12.5. The van der Waals surface area contributed by atoms with E-state index in [1.165, 1.54) is 6.42 Å². The normalized spacial score (nSPS) is 37.3. The molecule has 0 aromatic heterocycles. The van der Waals surface area contributed by atoms with Crippen LogP contribution in [0.5, 0.6) is 0 Å². The van der Waals surface area contributed by atoms with Gasteiger partial charge in [0.2, 0.25) is 5.91 Å². The van der Waals surface area contributed by atoms with E-state index in [9.17, 15) is 4.79 Å². The fraction of sp³-hybridized carbons (Fsp3) is 0.929. The minimum Gasteiger partial charge on any atom is -0.381 e. The summed E-state index contributed by atoms with van der Waals surface area (Å²) in [5, 5.41) is 3.49. The average molecular weight is 254 g/mol. The topological polar surface area (TPSA) is 41.6 Å². The summed E-state index contributed by atoms with van der Waals surface area (Å²) in [6.45, 7) is 8.77. The van der Waals surface area contributed by atoms with Gasteiger partial charge < -0.3 is 9.64 Å². The predicted molar refractivity (Wildman–Crippen MR) is 71.2 cm³/mol. The predicted octanol–water partition coefficient (Wildman–Crippen LogP) is 1.75. The molecule has 2 fully saturated rings. The molecule has 2 aliphatic heterocycles. The Labute approximate surface area is 110 Å². The highest BCUT2D eigenvalue weighted by Crippen LogP contribution is 2.27. The zero-order valence-corrected chi connectivity index (χ0v) is 11.9. The van der Waals surface area contributed by atoms with Crippen molar-refractivity contribution in [2.75, 3.05) is 19.8 Å². The summed E-state index contributed by atoms with van der Waals surface area (Å²) in [5.41, 5.74) is -0.365. The molecule has 0 aromatic rings. The Balaban J connectivity index is 2.03. The van der Waals surface area contributed by atoms with Crippen molar-refractivity contribution in [1.82, 2.24) is 10.2 Å². The Morgan fingerprint density at radius 1 is 1.50 bits per heavy atom. The fourth-order valence-electron chi connectivity index (χ4n) is 2.98. The molecule has 2 heterocycles. The lowest BCUT2D eigenvalue weighted by Crippen LogP contribution is -2.43. The lowest BCUT2D eigenvalue weighted by Gasteiger charge is -2.30. The van der Waals surface area contributed by atoms with Crippen LogP contribution >= 0.6 is 0 Å². The quantitative estimate of drug-likeness (QED) is 0.831. The molecular weight excluding hydrogens is 228 g/mol. The van der Waals surface area contributed by atoms with Crippen LogP contribution in [0.25, 0.3) is 0 Å². The summed E-state index contributed by atoms with van der Waals surface area (Å²) in [6.07, 6.45) is 4.32. The number of ether oxygens (including phenoxy) is 1. The maximum absolute atomic E-state index is 12.5. The molecule has 1 amide bonds. The van der Waals surface area contributed by atoms with Crippen LogP contribution in [0.3, 0.4) is 0 Å². The largest absolute Gasteiger partial charge is 0.381 e. The van der Waals surface area contributed by atoms with Gasteiger partial charge in [0.15, 0.2) is 0 Å². The lowest BCUT2D eigenvalue weighted by molar-refractivity contribution is -0.134. The molecule has 18 heavy (non-hydrogen) atoms. The lowest BCUT2D eigenvalue weighted by atomic mass is 9.98. The second kappa shape index (κ2) is 5.57. The monoisotopic (exact) mass is 254 g/mol. The van der Waals surface area contributed by atoms with E-state index in [0.29, 0.717) is 5.92 Å². The van der Waals surface area contributed by atoms with E-state index in [4.69, 9.17) is 4.74 Å². The number of carbonyl (C=O) groups excluding carboxylic acids is 1. The molecule has 104 valence electrons. The van der Waals surface area contributed by atoms with E-state index in [0.717, 1.165) is 39.0 Å². The highest BCUT2D eigenvalue weighted by Gasteiger charge is 2.46. The Hall–Kier alpha value is -0.610. The molecule has 4 nitrogen and oxygen atoms in total. The van der Waals surface area contributed by atoms with Crippen molar-refractivity contribution in [3.63, 3.8) is 0 Å². The highest BCUT2D eigenvalue weighted by molar-refractivity contribution is 5.88. The summed E-state index contributed by atoms with van der Waals surface area (Å²) in [4.78, 5) is 14.6. The molecule has 2 rings (SSSR count). The minimum atomic E-state index is -0.365. The third-order valence-electron chi connectivity index (χ3n) is 4.40. The standard InChI is InChI=1S/C14H26N2O2/c1-4-12-15-14(3,5-2)13(17)16(12)9-11-7-6-8-18-10-11/h11-12,15H,4-10H2,1-3H3. The van der Waals surface area contributed by atoms with Gasteiger partial charge in [0.1, 0.15) is 0 Å². The first-order valence-corrected chi connectivity index (χ1v) is 7.27. The molecule has 0 aromatic carbocycles. The van der Waals surface area contributed by atoms with E-state index in [-0.39, 0.29) is 17.6 Å². The minimum absolute atomic E-state index is 0.198. The average Bonchev–Trinajstić information content (AvgIpc) is 2.65. The van der Waals surface area contributed by atoms with Gasteiger partial charge in [0, 0.05) is 19.1 Å². The second-order valence-electron chi connectivity index (χ2n) is 5.79. The van der Waals surface area contributed by atoms with Crippen molar-refractivity contribution in [1.29, 1.82) is 0 Å². The molecule has 1 N–H and O–H groups in total. The molecule has 0 bridgehead atoms. The Kier molecular flexibility index (Phi) is 4.28. The van der Waals surface area contributed by atoms with Crippen molar-refractivity contribution in [3.05, 3.63) is 0 Å². The van der Waals surface area contributed by atoms with Gasteiger partial charge in [0.05, 0.1) is 18.3 Å². The van der Waals surface area contributed by atoms with Gasteiger partial charge in [0.25, 0.3) is 0 Å². The molecule has 3 atom stereocenters. The van der Waals surface area contributed by atoms with Crippen molar-refractivity contribution in [2.45, 2.75) is 58.2 Å². The zero-order valence-electron chi connectivity index (χ0n) is 11.9. The maximum Gasteiger partial charge on any atom is 0.243 e. The molecule has 2 aliphatic rings. The van der Waals surface area contributed by atoms with Crippen LogP contribution in [0.2, 0.25) is 0 Å². The van der Waals surface area contributed by atoms with E-state index in [1.54, 1.807) is 0 Å². The number of nitrogens with zero attached hydrogens (tertiary/aromatic N) is 1. The van der Waals surface area contributed by atoms with Crippen LogP contribution in [0.1, 0.15) is 46.5 Å². The van der Waals surface area contributed by atoms with Gasteiger partial charge in [-0.1, -0.05) is 13.8 Å². The summed E-state index contributed by atoms with van der Waals surface area (Å²) in [6, 6.07) is 0. The van der Waals surface area contributed by atoms with Crippen molar-refractivity contribution < 1.29 is 9.53 Å². The Bertz CT molecular complexity index is 302. The molecule has 3 unspecified atom stereocenters.